The highest BCUT2D eigenvalue weighted by atomic mass is 32.1. The SMILES string of the molecule is COc1cccc2cc(C(C)NC(C)C(=O)Nc3nc(C)c(C)s3)oc12. The predicted octanol–water partition coefficient (Wildman–Crippen LogP) is 4.19. The summed E-state index contributed by atoms with van der Waals surface area (Å²) in [6.45, 7) is 7.71. The zero-order chi connectivity index (χ0) is 18.8. The number of hydrogen-bond acceptors (Lipinski definition) is 6. The Balaban J connectivity index is 1.68. The van der Waals surface area contributed by atoms with E-state index in [2.05, 4.69) is 15.6 Å². The van der Waals surface area contributed by atoms with E-state index in [1.807, 2.05) is 52.0 Å². The van der Waals surface area contributed by atoms with Gasteiger partial charge in [0.05, 0.1) is 24.9 Å². The second kappa shape index (κ2) is 7.47. The van der Waals surface area contributed by atoms with Crippen molar-refractivity contribution >= 4 is 33.3 Å². The number of amides is 1. The molecule has 2 atom stereocenters. The Kier molecular flexibility index (Phi) is 5.29. The van der Waals surface area contributed by atoms with Crippen LogP contribution >= 0.6 is 11.3 Å². The van der Waals surface area contributed by atoms with Crippen LogP contribution in [0.25, 0.3) is 11.0 Å². The molecule has 0 fully saturated rings. The first-order valence-electron chi connectivity index (χ1n) is 8.46. The van der Waals surface area contributed by atoms with E-state index in [4.69, 9.17) is 9.15 Å². The van der Waals surface area contributed by atoms with Crippen molar-refractivity contribution in [3.8, 4) is 5.75 Å². The van der Waals surface area contributed by atoms with Gasteiger partial charge in [0.15, 0.2) is 16.5 Å². The van der Waals surface area contributed by atoms with E-state index in [9.17, 15) is 4.79 Å². The molecule has 7 heteroatoms. The van der Waals surface area contributed by atoms with Crippen molar-refractivity contribution < 1.29 is 13.9 Å². The number of anilines is 1. The van der Waals surface area contributed by atoms with Crippen molar-refractivity contribution in [2.24, 2.45) is 0 Å². The van der Waals surface area contributed by atoms with Gasteiger partial charge in [-0.05, 0) is 39.8 Å². The third-order valence-electron chi connectivity index (χ3n) is 4.33. The maximum Gasteiger partial charge on any atom is 0.243 e. The maximum absolute atomic E-state index is 12.4. The fourth-order valence-electron chi connectivity index (χ4n) is 2.70. The van der Waals surface area contributed by atoms with Gasteiger partial charge in [-0.2, -0.15) is 0 Å². The smallest absolute Gasteiger partial charge is 0.243 e. The molecule has 0 aliphatic rings. The molecule has 0 spiro atoms. The lowest BCUT2D eigenvalue weighted by Gasteiger charge is -2.17. The molecular weight excluding hydrogens is 350 g/mol. The molecule has 1 aromatic carbocycles. The molecule has 0 radical (unpaired) electrons. The fourth-order valence-corrected chi connectivity index (χ4v) is 3.52. The number of fused-ring (bicyclic) bond motifs is 1. The van der Waals surface area contributed by atoms with Gasteiger partial charge in [0, 0.05) is 10.3 Å². The molecule has 0 saturated heterocycles. The summed E-state index contributed by atoms with van der Waals surface area (Å²) in [5, 5.41) is 7.72. The number of carbonyl (C=O) groups is 1. The Bertz CT molecular complexity index is 912. The molecular formula is C19H23N3O3S. The normalized spacial score (nSPS) is 13.6. The average Bonchev–Trinajstić information content (AvgIpc) is 3.17. The first-order valence-corrected chi connectivity index (χ1v) is 9.28. The van der Waals surface area contributed by atoms with Gasteiger partial charge in [0.25, 0.3) is 0 Å². The standard InChI is InChI=1S/C19H23N3O3S/c1-10-13(4)26-19(21-10)22-18(23)12(3)20-11(2)16-9-14-7-6-8-15(24-5)17(14)25-16/h6-9,11-12,20H,1-5H3,(H,21,22,23). The van der Waals surface area contributed by atoms with Crippen LogP contribution in [0.1, 0.15) is 36.2 Å². The Labute approximate surface area is 156 Å². The minimum Gasteiger partial charge on any atom is -0.493 e. The number of hydrogen-bond donors (Lipinski definition) is 2. The molecule has 3 aromatic rings. The van der Waals surface area contributed by atoms with Crippen LogP contribution in [0.2, 0.25) is 0 Å². The molecule has 0 aliphatic carbocycles. The van der Waals surface area contributed by atoms with Crippen LogP contribution in [-0.2, 0) is 4.79 Å². The molecule has 1 amide bonds. The summed E-state index contributed by atoms with van der Waals surface area (Å²) in [6.07, 6.45) is 0. The van der Waals surface area contributed by atoms with E-state index >= 15 is 0 Å². The summed E-state index contributed by atoms with van der Waals surface area (Å²) in [6, 6.07) is 7.19. The van der Waals surface area contributed by atoms with Gasteiger partial charge in [-0.3, -0.25) is 10.1 Å². The van der Waals surface area contributed by atoms with Crippen LogP contribution in [0.15, 0.2) is 28.7 Å². The van der Waals surface area contributed by atoms with Crippen molar-refractivity contribution in [3.63, 3.8) is 0 Å². The van der Waals surface area contributed by atoms with Crippen LogP contribution < -0.4 is 15.4 Å². The van der Waals surface area contributed by atoms with E-state index < -0.39 is 6.04 Å². The third-order valence-corrected chi connectivity index (χ3v) is 5.31. The van der Waals surface area contributed by atoms with Gasteiger partial charge in [-0.25, -0.2) is 4.98 Å². The molecule has 0 bridgehead atoms. The lowest BCUT2D eigenvalue weighted by atomic mass is 10.2. The lowest BCUT2D eigenvalue weighted by Crippen LogP contribution is -2.39. The fraction of sp³-hybridized carbons (Fsp3) is 0.368. The Morgan fingerprint density at radius 2 is 2.08 bits per heavy atom. The number of methoxy groups -OCH3 is 1. The van der Waals surface area contributed by atoms with Crippen LogP contribution in [0.4, 0.5) is 5.13 Å². The summed E-state index contributed by atoms with van der Waals surface area (Å²) in [5.74, 6) is 1.32. The molecule has 2 heterocycles. The number of thiazole rings is 1. The third kappa shape index (κ3) is 3.73. The van der Waals surface area contributed by atoms with Crippen molar-refractivity contribution in [2.45, 2.75) is 39.8 Å². The van der Waals surface area contributed by atoms with Gasteiger partial charge in [0.1, 0.15) is 5.76 Å². The van der Waals surface area contributed by atoms with Crippen LogP contribution in [0.5, 0.6) is 5.75 Å². The number of ether oxygens (including phenoxy) is 1. The van der Waals surface area contributed by atoms with Crippen molar-refractivity contribution in [3.05, 3.63) is 40.6 Å². The number of aryl methyl sites for hydroxylation is 2. The number of rotatable bonds is 6. The number of carbonyl (C=O) groups excluding carboxylic acids is 1. The number of nitrogens with one attached hydrogen (secondary N) is 2. The Morgan fingerprint density at radius 1 is 1.31 bits per heavy atom. The van der Waals surface area contributed by atoms with Crippen molar-refractivity contribution in [1.29, 1.82) is 0 Å². The highest BCUT2D eigenvalue weighted by Gasteiger charge is 2.20. The molecule has 138 valence electrons. The van der Waals surface area contributed by atoms with Gasteiger partial charge in [-0.15, -0.1) is 11.3 Å². The Morgan fingerprint density at radius 3 is 2.73 bits per heavy atom. The van der Waals surface area contributed by atoms with Gasteiger partial charge in [-0.1, -0.05) is 12.1 Å². The number of para-hydroxylation sites is 1. The first-order chi connectivity index (χ1) is 12.4. The van der Waals surface area contributed by atoms with Gasteiger partial charge < -0.3 is 14.5 Å². The first kappa shape index (κ1) is 18.4. The highest BCUT2D eigenvalue weighted by Crippen LogP contribution is 2.31. The molecule has 26 heavy (non-hydrogen) atoms. The zero-order valence-corrected chi connectivity index (χ0v) is 16.4. The van der Waals surface area contributed by atoms with Crippen LogP contribution in [0.3, 0.4) is 0 Å². The summed E-state index contributed by atoms with van der Waals surface area (Å²) in [4.78, 5) is 17.9. The maximum atomic E-state index is 12.4. The average molecular weight is 373 g/mol. The number of nitrogens with zero attached hydrogens (tertiary/aromatic N) is 1. The molecule has 6 nitrogen and oxygen atoms in total. The summed E-state index contributed by atoms with van der Waals surface area (Å²) >= 11 is 1.48. The monoisotopic (exact) mass is 373 g/mol. The quantitative estimate of drug-likeness (QED) is 0.677. The van der Waals surface area contributed by atoms with Gasteiger partial charge in [0.2, 0.25) is 5.91 Å². The minimum absolute atomic E-state index is 0.126. The Hall–Kier alpha value is -2.38. The van der Waals surface area contributed by atoms with E-state index in [-0.39, 0.29) is 11.9 Å². The topological polar surface area (TPSA) is 76.4 Å². The summed E-state index contributed by atoms with van der Waals surface area (Å²) in [5.41, 5.74) is 1.65. The summed E-state index contributed by atoms with van der Waals surface area (Å²) in [7, 11) is 1.62. The number of aromatic nitrogens is 1. The van der Waals surface area contributed by atoms with Crippen LogP contribution in [0, 0.1) is 13.8 Å². The lowest BCUT2D eigenvalue weighted by molar-refractivity contribution is -0.118. The van der Waals surface area contributed by atoms with Gasteiger partial charge >= 0.3 is 0 Å². The second-order valence-electron chi connectivity index (χ2n) is 6.29. The number of benzene rings is 1. The van der Waals surface area contributed by atoms with E-state index in [1.54, 1.807) is 7.11 Å². The zero-order valence-electron chi connectivity index (χ0n) is 15.5. The van der Waals surface area contributed by atoms with Crippen molar-refractivity contribution in [2.75, 3.05) is 12.4 Å². The van der Waals surface area contributed by atoms with E-state index in [1.165, 1.54) is 11.3 Å². The molecule has 2 N–H and O–H groups in total. The van der Waals surface area contributed by atoms with Crippen molar-refractivity contribution in [1.82, 2.24) is 10.3 Å². The van der Waals surface area contributed by atoms with Crippen LogP contribution in [-0.4, -0.2) is 24.0 Å². The summed E-state index contributed by atoms with van der Waals surface area (Å²) < 4.78 is 11.3. The predicted molar refractivity (Wildman–Crippen MR) is 104 cm³/mol. The largest absolute Gasteiger partial charge is 0.493 e. The van der Waals surface area contributed by atoms with E-state index in [0.29, 0.717) is 16.5 Å². The molecule has 2 unspecified atom stereocenters. The highest BCUT2D eigenvalue weighted by molar-refractivity contribution is 7.15. The van der Waals surface area contributed by atoms with E-state index in [0.717, 1.165) is 21.7 Å². The second-order valence-corrected chi connectivity index (χ2v) is 7.49. The molecule has 0 saturated carbocycles. The number of furan rings is 1. The minimum atomic E-state index is -0.398. The molecule has 0 aliphatic heterocycles. The molecule has 2 aromatic heterocycles. The molecule has 3 rings (SSSR count).